The molecule has 2 aliphatic rings. The van der Waals surface area contributed by atoms with Gasteiger partial charge < -0.3 is 34.8 Å². The second-order valence-electron chi connectivity index (χ2n) is 15.4. The average molecular weight is 818 g/mol. The number of carbonyl (C=O) groups excluding carboxylic acids is 1. The van der Waals surface area contributed by atoms with Crippen LogP contribution in [-0.2, 0) is 22.3 Å². The molecule has 0 amide bonds. The third-order valence-corrected chi connectivity index (χ3v) is 11.0. The Morgan fingerprint density at radius 1 is 1.03 bits per heavy atom. The van der Waals surface area contributed by atoms with Crippen LogP contribution in [0.15, 0.2) is 103 Å². The van der Waals surface area contributed by atoms with E-state index in [0.717, 1.165) is 66.1 Å². The van der Waals surface area contributed by atoms with Gasteiger partial charge in [-0.05, 0) is 86.1 Å². The number of hydrogen-bond donors (Lipinski definition) is 4. The van der Waals surface area contributed by atoms with Crippen LogP contribution in [0.3, 0.4) is 0 Å². The molecule has 0 unspecified atom stereocenters. The number of aryl methyl sites for hydroxylation is 1. The molecule has 1 aliphatic carbocycles. The maximum Gasteiger partial charge on any atom is 0.416 e. The minimum atomic E-state index is -4.51. The molecule has 2 fully saturated rings. The normalized spacial score (nSPS) is 21.7. The Morgan fingerprint density at radius 3 is 2.73 bits per heavy atom. The van der Waals surface area contributed by atoms with Crippen LogP contribution < -0.4 is 14.8 Å². The molecule has 1 aromatic heterocycles. The monoisotopic (exact) mass is 817 g/mol. The number of aliphatic hydroxyl groups is 3. The van der Waals surface area contributed by atoms with Crippen molar-refractivity contribution in [2.75, 3.05) is 38.2 Å². The van der Waals surface area contributed by atoms with E-state index in [1.165, 1.54) is 23.6 Å². The largest absolute Gasteiger partial charge is 0.491 e. The number of halogens is 3. The van der Waals surface area contributed by atoms with Gasteiger partial charge in [0.05, 0.1) is 17.8 Å². The van der Waals surface area contributed by atoms with Gasteiger partial charge in [0.2, 0.25) is 0 Å². The van der Waals surface area contributed by atoms with Crippen molar-refractivity contribution in [3.63, 3.8) is 0 Å². The van der Waals surface area contributed by atoms with E-state index in [9.17, 15) is 33.3 Å². The number of esters is 1. The minimum Gasteiger partial charge on any atom is -0.491 e. The number of benzene rings is 3. The van der Waals surface area contributed by atoms with Crippen molar-refractivity contribution in [2.45, 2.75) is 82.5 Å². The van der Waals surface area contributed by atoms with Gasteiger partial charge in [0.15, 0.2) is 0 Å². The molecule has 4 aromatic rings. The van der Waals surface area contributed by atoms with Crippen molar-refractivity contribution in [1.82, 2.24) is 9.88 Å². The molecule has 59 heavy (non-hydrogen) atoms. The third-order valence-electron chi connectivity index (χ3n) is 11.0. The number of rotatable bonds is 19. The van der Waals surface area contributed by atoms with Crippen molar-refractivity contribution >= 4 is 22.4 Å². The maximum absolute atomic E-state index is 13.0. The topological polar surface area (TPSA) is 134 Å². The number of carbonyl (C=O) groups is 1. The summed E-state index contributed by atoms with van der Waals surface area (Å²) in [4.78, 5) is 19.1. The van der Waals surface area contributed by atoms with Crippen molar-refractivity contribution < 1.29 is 47.5 Å². The van der Waals surface area contributed by atoms with E-state index >= 15 is 0 Å². The number of aromatic nitrogens is 1. The number of alkyl halides is 3. The summed E-state index contributed by atoms with van der Waals surface area (Å²) in [5.41, 5.74) is 2.46. The van der Waals surface area contributed by atoms with Gasteiger partial charge in [-0.15, -0.1) is 0 Å². The number of unbranched alkanes of at least 4 members (excludes halogenated alkanes) is 1. The van der Waals surface area contributed by atoms with Crippen LogP contribution in [0.25, 0.3) is 10.8 Å². The first-order valence-electron chi connectivity index (χ1n) is 20.3. The molecule has 2 heterocycles. The van der Waals surface area contributed by atoms with Crippen LogP contribution in [0.1, 0.15) is 55.2 Å². The van der Waals surface area contributed by atoms with Gasteiger partial charge in [0.25, 0.3) is 0 Å². The van der Waals surface area contributed by atoms with Crippen LogP contribution in [0, 0.1) is 18.8 Å². The van der Waals surface area contributed by atoms with Crippen LogP contribution in [0.2, 0.25) is 0 Å². The Kier molecular flexibility index (Phi) is 15.4. The summed E-state index contributed by atoms with van der Waals surface area (Å²) in [7, 11) is 0. The molecule has 3 aromatic carbocycles. The van der Waals surface area contributed by atoms with Gasteiger partial charge in [-0.3, -0.25) is 14.7 Å². The van der Waals surface area contributed by atoms with Crippen molar-refractivity contribution in [1.29, 1.82) is 0 Å². The van der Waals surface area contributed by atoms with Crippen molar-refractivity contribution in [3.05, 3.63) is 120 Å². The minimum absolute atomic E-state index is 0.0196. The predicted molar refractivity (Wildman–Crippen MR) is 220 cm³/mol. The SMILES string of the molecule is Cc1ccc(CN2CC[C@@H](Nc3cccc4cnccc34)C2)cc1OCCOC(=O)CCCC=CC[C@@H]1[C@H](C=C[C@@H](O)COc2cccc(C(F)(F)F)c2)[C@H](O)C[C@H]1O. The molecule has 0 bridgehead atoms. The standard InChI is InChI=1S/C46H54F3N3O7/c1-31-14-15-32(28-52-21-19-35(29-52)51-41-12-6-8-33-27-50-20-18-38(33)41)24-44(31)57-22-23-58-45(56)13-5-3-2-4-11-39-40(43(55)26-42(39)54)17-16-36(53)30-59-37-10-7-9-34(25-37)46(47,48)49/h2,4,6-10,12,14-18,20,24-25,27,35-36,39-40,42-43,51,53-55H,3,5,11,13,19,21-23,26,28-30H2,1H3/t35-,36-,39-,40+,42-,43-/m1/s1. The number of nitrogens with zero attached hydrogens (tertiary/aromatic N) is 2. The van der Waals surface area contributed by atoms with Crippen LogP contribution in [-0.4, -0.2) is 88.4 Å². The zero-order chi connectivity index (χ0) is 41.8. The molecular formula is C46H54F3N3O7. The Morgan fingerprint density at radius 2 is 1.88 bits per heavy atom. The van der Waals surface area contributed by atoms with Gasteiger partial charge in [-0.1, -0.05) is 54.6 Å². The summed E-state index contributed by atoms with van der Waals surface area (Å²) < 4.78 is 55.7. The lowest BCUT2D eigenvalue weighted by Crippen LogP contribution is -2.26. The van der Waals surface area contributed by atoms with Gasteiger partial charge in [0.1, 0.15) is 37.4 Å². The number of aliphatic hydroxyl groups excluding tert-OH is 3. The average Bonchev–Trinajstić information content (AvgIpc) is 3.77. The first-order chi connectivity index (χ1) is 28.4. The number of allylic oxidation sites excluding steroid dienone is 2. The Labute approximate surface area is 343 Å². The molecule has 13 heteroatoms. The molecule has 316 valence electrons. The molecule has 6 atom stereocenters. The molecule has 1 saturated heterocycles. The van der Waals surface area contributed by atoms with E-state index in [2.05, 4.69) is 51.6 Å². The first kappa shape index (κ1) is 43.6. The van der Waals surface area contributed by atoms with E-state index in [-0.39, 0.29) is 50.3 Å². The second-order valence-corrected chi connectivity index (χ2v) is 15.4. The summed E-state index contributed by atoms with van der Waals surface area (Å²) in [5, 5.41) is 37.5. The van der Waals surface area contributed by atoms with Crippen molar-refractivity contribution in [2.24, 2.45) is 11.8 Å². The molecule has 1 aliphatic heterocycles. The van der Waals surface area contributed by atoms with E-state index in [1.807, 2.05) is 37.5 Å². The van der Waals surface area contributed by atoms with Crippen LogP contribution >= 0.6 is 0 Å². The summed E-state index contributed by atoms with van der Waals surface area (Å²) in [6.45, 7) is 4.86. The third kappa shape index (κ3) is 12.8. The molecular weight excluding hydrogens is 764 g/mol. The highest BCUT2D eigenvalue weighted by atomic mass is 19.4. The van der Waals surface area contributed by atoms with Crippen LogP contribution in [0.5, 0.6) is 11.5 Å². The Bertz CT molecular complexity index is 2040. The lowest BCUT2D eigenvalue weighted by Gasteiger charge is -2.19. The molecule has 1 saturated carbocycles. The Hall–Kier alpha value is -4.95. The van der Waals surface area contributed by atoms with Gasteiger partial charge in [-0.25, -0.2) is 0 Å². The fourth-order valence-electron chi connectivity index (χ4n) is 7.80. The molecule has 0 radical (unpaired) electrons. The maximum atomic E-state index is 13.0. The molecule has 10 nitrogen and oxygen atoms in total. The van der Waals surface area contributed by atoms with E-state index < -0.39 is 36.0 Å². The van der Waals surface area contributed by atoms with E-state index in [4.69, 9.17) is 14.2 Å². The highest BCUT2D eigenvalue weighted by Crippen LogP contribution is 2.37. The molecule has 6 rings (SSSR count). The second kappa shape index (κ2) is 20.8. The van der Waals surface area contributed by atoms with Gasteiger partial charge in [-0.2, -0.15) is 13.2 Å². The summed E-state index contributed by atoms with van der Waals surface area (Å²) in [5.74, 6) is -0.271. The van der Waals surface area contributed by atoms with Crippen molar-refractivity contribution in [3.8, 4) is 11.5 Å². The number of ether oxygens (including phenoxy) is 3. The number of hydrogen-bond acceptors (Lipinski definition) is 10. The molecule has 0 spiro atoms. The Balaban J connectivity index is 0.851. The van der Waals surface area contributed by atoms with E-state index in [1.54, 1.807) is 6.08 Å². The smallest absolute Gasteiger partial charge is 0.416 e. The lowest BCUT2D eigenvalue weighted by molar-refractivity contribution is -0.144. The number of pyridine rings is 1. The van der Waals surface area contributed by atoms with Gasteiger partial charge >= 0.3 is 12.1 Å². The quantitative estimate of drug-likeness (QED) is 0.0425. The summed E-state index contributed by atoms with van der Waals surface area (Å²) in [6, 6.07) is 19.3. The number of nitrogens with one attached hydrogen (secondary N) is 1. The number of fused-ring (bicyclic) bond motifs is 1. The predicted octanol–water partition coefficient (Wildman–Crippen LogP) is 7.64. The highest BCUT2D eigenvalue weighted by Gasteiger charge is 2.39. The molecule has 4 N–H and O–H groups in total. The summed E-state index contributed by atoms with van der Waals surface area (Å²) >= 11 is 0. The zero-order valence-corrected chi connectivity index (χ0v) is 33.3. The lowest BCUT2D eigenvalue weighted by atomic mass is 9.89. The summed E-state index contributed by atoms with van der Waals surface area (Å²) in [6.07, 6.45) is 6.62. The fraction of sp³-hybridized carbons (Fsp3) is 0.435. The highest BCUT2D eigenvalue weighted by molar-refractivity contribution is 5.93. The zero-order valence-electron chi connectivity index (χ0n) is 33.3. The fourth-order valence-corrected chi connectivity index (χ4v) is 7.80. The van der Waals surface area contributed by atoms with Crippen LogP contribution in [0.4, 0.5) is 18.9 Å². The first-order valence-corrected chi connectivity index (χ1v) is 20.3. The van der Waals surface area contributed by atoms with Gasteiger partial charge in [0, 0.05) is 73.3 Å². The number of likely N-dealkylation sites (tertiary alicyclic amines) is 1. The van der Waals surface area contributed by atoms with E-state index in [0.29, 0.717) is 25.3 Å². The number of anilines is 1.